The average Bonchev–Trinajstić information content (AvgIpc) is 3.44. The molecule has 1 amide bonds. The van der Waals surface area contributed by atoms with Gasteiger partial charge in [0, 0.05) is 30.7 Å². The van der Waals surface area contributed by atoms with Crippen molar-refractivity contribution in [1.82, 2.24) is 19.6 Å². The number of halogens is 6. The number of benzene rings is 2. The Morgan fingerprint density at radius 3 is 2.40 bits per heavy atom. The number of hydrogen-bond acceptors (Lipinski definition) is 5. The van der Waals surface area contributed by atoms with E-state index < -0.39 is 23.5 Å². The number of thioether (sulfide) groups is 1. The van der Waals surface area contributed by atoms with Crippen LogP contribution < -0.4 is 0 Å². The van der Waals surface area contributed by atoms with Crippen molar-refractivity contribution < 1.29 is 31.1 Å². The number of alkyl halides is 6. The minimum absolute atomic E-state index is 0.130. The van der Waals surface area contributed by atoms with Gasteiger partial charge in [0.15, 0.2) is 0 Å². The Morgan fingerprint density at radius 2 is 1.75 bits per heavy atom. The molecule has 2 aliphatic heterocycles. The van der Waals surface area contributed by atoms with Crippen molar-refractivity contribution >= 4 is 39.8 Å². The first-order valence-electron chi connectivity index (χ1n) is 12.5. The quantitative estimate of drug-likeness (QED) is 0.319. The van der Waals surface area contributed by atoms with Gasteiger partial charge in [-0.05, 0) is 74.1 Å². The summed E-state index contributed by atoms with van der Waals surface area (Å²) in [5, 5.41) is 4.72. The molecular formula is C27H25F6N5OS. The van der Waals surface area contributed by atoms with E-state index in [1.54, 1.807) is 24.4 Å². The normalized spacial score (nSPS) is 18.4. The fourth-order valence-corrected chi connectivity index (χ4v) is 5.74. The van der Waals surface area contributed by atoms with E-state index in [1.807, 2.05) is 20.2 Å². The molecule has 2 aromatic carbocycles. The summed E-state index contributed by atoms with van der Waals surface area (Å²) in [6, 6.07) is 7.39. The minimum Gasteiger partial charge on any atom is -0.355 e. The van der Waals surface area contributed by atoms with Crippen molar-refractivity contribution in [3.8, 4) is 0 Å². The zero-order valence-corrected chi connectivity index (χ0v) is 22.4. The minimum atomic E-state index is -4.96. The Labute approximate surface area is 230 Å². The second kappa shape index (κ2) is 10.6. The summed E-state index contributed by atoms with van der Waals surface area (Å²) in [6.07, 6.45) is -4.56. The van der Waals surface area contributed by atoms with E-state index in [2.05, 4.69) is 19.9 Å². The van der Waals surface area contributed by atoms with Gasteiger partial charge in [-0.25, -0.2) is 0 Å². The molecule has 212 valence electrons. The predicted molar refractivity (Wildman–Crippen MR) is 142 cm³/mol. The highest BCUT2D eigenvalue weighted by Crippen LogP contribution is 2.38. The lowest BCUT2D eigenvalue weighted by Crippen LogP contribution is -2.44. The van der Waals surface area contributed by atoms with Crippen LogP contribution in [0.1, 0.15) is 35.1 Å². The molecule has 1 saturated heterocycles. The fraction of sp³-hybridized carbons (Fsp3) is 0.370. The molecule has 0 saturated carbocycles. The first-order valence-corrected chi connectivity index (χ1v) is 13.3. The molecule has 1 fully saturated rings. The Balaban J connectivity index is 1.38. The highest BCUT2D eigenvalue weighted by atomic mass is 32.2. The number of fused-ring (bicyclic) bond motifs is 1. The van der Waals surface area contributed by atoms with Gasteiger partial charge in [0.05, 0.1) is 28.1 Å². The van der Waals surface area contributed by atoms with Crippen molar-refractivity contribution in [2.75, 3.05) is 27.2 Å². The molecule has 1 aromatic heterocycles. The van der Waals surface area contributed by atoms with E-state index in [1.165, 1.54) is 4.68 Å². The van der Waals surface area contributed by atoms with Gasteiger partial charge in [0.2, 0.25) is 0 Å². The topological polar surface area (TPSA) is 53.7 Å². The van der Waals surface area contributed by atoms with E-state index in [0.717, 1.165) is 49.3 Å². The molecule has 6 nitrogen and oxygen atoms in total. The van der Waals surface area contributed by atoms with Crippen LogP contribution in [0.3, 0.4) is 0 Å². The highest BCUT2D eigenvalue weighted by molar-refractivity contribution is 8.18. The van der Waals surface area contributed by atoms with Crippen LogP contribution >= 0.6 is 11.8 Å². The Morgan fingerprint density at radius 1 is 1.02 bits per heavy atom. The molecule has 0 aliphatic carbocycles. The van der Waals surface area contributed by atoms with Gasteiger partial charge in [-0.1, -0.05) is 18.2 Å². The summed E-state index contributed by atoms with van der Waals surface area (Å²) in [5.74, 6) is 0.639. The lowest BCUT2D eigenvalue weighted by Gasteiger charge is -2.36. The molecule has 2 aliphatic rings. The lowest BCUT2D eigenvalue weighted by atomic mass is 10.0. The van der Waals surface area contributed by atoms with E-state index in [9.17, 15) is 31.1 Å². The Bertz CT molecular complexity index is 1500. The molecule has 0 atom stereocenters. The summed E-state index contributed by atoms with van der Waals surface area (Å²) >= 11 is 1.04. The van der Waals surface area contributed by atoms with Crippen LogP contribution in [0.5, 0.6) is 0 Å². The van der Waals surface area contributed by atoms with Crippen molar-refractivity contribution in [3.63, 3.8) is 0 Å². The summed E-state index contributed by atoms with van der Waals surface area (Å²) in [5.41, 5.74) is -1.81. The summed E-state index contributed by atoms with van der Waals surface area (Å²) < 4.78 is 81.0. The first-order chi connectivity index (χ1) is 18.8. The van der Waals surface area contributed by atoms with Crippen LogP contribution in [0.2, 0.25) is 0 Å². The van der Waals surface area contributed by atoms with Crippen LogP contribution in [0, 0.1) is 0 Å². The number of carbonyl (C=O) groups excluding carboxylic acids is 1. The number of nitrogens with zero attached hydrogens (tertiary/aromatic N) is 5. The van der Waals surface area contributed by atoms with Gasteiger partial charge in [-0.15, -0.1) is 0 Å². The summed E-state index contributed by atoms with van der Waals surface area (Å²) in [6.45, 7) is 1.20. The van der Waals surface area contributed by atoms with Gasteiger partial charge < -0.3 is 9.80 Å². The zero-order chi connectivity index (χ0) is 28.8. The number of amides is 1. The molecule has 3 aromatic rings. The maximum atomic E-state index is 13.6. The van der Waals surface area contributed by atoms with E-state index >= 15 is 0 Å². The van der Waals surface area contributed by atoms with E-state index in [0.29, 0.717) is 33.8 Å². The molecule has 0 spiro atoms. The Kier molecular flexibility index (Phi) is 7.47. The SMILES string of the molecule is CN(C)C1CCN(C2=NC(=O)S/C2=C\c2ccc3cn(Cc4ccc(C(F)(F)F)cc4C(F)(F)F)nc3c2)CC1. The van der Waals surface area contributed by atoms with Crippen LogP contribution in [-0.2, 0) is 18.9 Å². The first kappa shape index (κ1) is 28.2. The summed E-state index contributed by atoms with van der Waals surface area (Å²) in [7, 11) is 4.10. The van der Waals surface area contributed by atoms with Gasteiger partial charge in [0.25, 0.3) is 0 Å². The second-order valence-corrected chi connectivity index (χ2v) is 11.0. The number of likely N-dealkylation sites (tertiary alicyclic amines) is 1. The van der Waals surface area contributed by atoms with Crippen LogP contribution in [0.25, 0.3) is 17.0 Å². The number of rotatable bonds is 4. The standard InChI is InChI=1S/C27H25F6N5OS/c1-36(2)20-7-9-37(10-8-20)24-23(40-25(39)34-24)12-16-3-4-18-15-38(35-22(18)11-16)14-17-5-6-19(26(28,29)30)13-21(17)27(31,32)33/h3-6,11-13,15,20H,7-10,14H2,1-2H3/b23-12-. The van der Waals surface area contributed by atoms with Gasteiger partial charge >= 0.3 is 17.6 Å². The van der Waals surface area contributed by atoms with Gasteiger partial charge in [0.1, 0.15) is 5.84 Å². The summed E-state index contributed by atoms with van der Waals surface area (Å²) in [4.78, 5) is 21.4. The molecule has 3 heterocycles. The largest absolute Gasteiger partial charge is 0.416 e. The molecule has 0 radical (unpaired) electrons. The number of carbonyl (C=O) groups is 1. The molecule has 0 N–H and O–H groups in total. The lowest BCUT2D eigenvalue weighted by molar-refractivity contribution is -0.143. The van der Waals surface area contributed by atoms with Crippen LogP contribution in [-0.4, -0.2) is 63.9 Å². The van der Waals surface area contributed by atoms with Crippen LogP contribution in [0.4, 0.5) is 31.1 Å². The van der Waals surface area contributed by atoms with Crippen molar-refractivity contribution in [2.45, 2.75) is 37.8 Å². The van der Waals surface area contributed by atoms with Crippen molar-refractivity contribution in [2.24, 2.45) is 4.99 Å². The maximum Gasteiger partial charge on any atom is 0.416 e. The molecule has 5 rings (SSSR count). The van der Waals surface area contributed by atoms with Crippen molar-refractivity contribution in [3.05, 3.63) is 69.8 Å². The number of aromatic nitrogens is 2. The van der Waals surface area contributed by atoms with Gasteiger partial charge in [-0.2, -0.15) is 36.4 Å². The number of hydrogen-bond donors (Lipinski definition) is 0. The third-order valence-electron chi connectivity index (χ3n) is 7.06. The highest BCUT2D eigenvalue weighted by Gasteiger charge is 2.38. The average molecular weight is 582 g/mol. The smallest absolute Gasteiger partial charge is 0.355 e. The second-order valence-electron chi connectivity index (χ2n) is 10.0. The molecule has 0 unspecified atom stereocenters. The van der Waals surface area contributed by atoms with Gasteiger partial charge in [-0.3, -0.25) is 9.48 Å². The monoisotopic (exact) mass is 581 g/mol. The molecule has 40 heavy (non-hydrogen) atoms. The number of amidine groups is 1. The third-order valence-corrected chi connectivity index (χ3v) is 7.85. The molecule has 13 heteroatoms. The maximum absolute atomic E-state index is 13.6. The number of aliphatic imine (C=N–C) groups is 1. The van der Waals surface area contributed by atoms with E-state index in [-0.39, 0.29) is 23.4 Å². The molecular weight excluding hydrogens is 556 g/mol. The predicted octanol–water partition coefficient (Wildman–Crippen LogP) is 6.75. The Hall–Kier alpha value is -3.32. The fourth-order valence-electron chi connectivity index (χ4n) is 4.95. The van der Waals surface area contributed by atoms with Crippen molar-refractivity contribution in [1.29, 1.82) is 0 Å². The zero-order valence-electron chi connectivity index (χ0n) is 21.6. The van der Waals surface area contributed by atoms with E-state index in [4.69, 9.17) is 0 Å². The third kappa shape index (κ3) is 6.04. The number of piperidine rings is 1. The molecule has 0 bridgehead atoms. The van der Waals surface area contributed by atoms with Crippen LogP contribution in [0.15, 0.2) is 52.5 Å².